The number of esters is 1. The van der Waals surface area contributed by atoms with Crippen molar-refractivity contribution in [2.24, 2.45) is 0 Å². The van der Waals surface area contributed by atoms with E-state index in [1.807, 2.05) is 4.90 Å². The first kappa shape index (κ1) is 9.65. The molecule has 1 heterocycles. The molecule has 2 fully saturated rings. The summed E-state index contributed by atoms with van der Waals surface area (Å²) in [6.45, 7) is 2.49. The van der Waals surface area contributed by atoms with E-state index in [-0.39, 0.29) is 18.6 Å². The molecule has 0 amide bonds. The highest BCUT2D eigenvalue weighted by atomic mass is 16.5. The lowest BCUT2D eigenvalue weighted by atomic mass is 10.00. The Morgan fingerprint density at radius 2 is 2.43 bits per heavy atom. The minimum atomic E-state index is -0.213. The van der Waals surface area contributed by atoms with Crippen LogP contribution in [0, 0.1) is 0 Å². The molecule has 1 aliphatic carbocycles. The van der Waals surface area contributed by atoms with Crippen molar-refractivity contribution < 1.29 is 14.3 Å². The Hall–Kier alpha value is -0.900. The van der Waals surface area contributed by atoms with Crippen LogP contribution in [0.1, 0.15) is 26.2 Å². The lowest BCUT2D eigenvalue weighted by molar-refractivity contribution is -0.143. The van der Waals surface area contributed by atoms with E-state index < -0.39 is 0 Å². The fourth-order valence-electron chi connectivity index (χ4n) is 2.26. The summed E-state index contributed by atoms with van der Waals surface area (Å²) in [6.07, 6.45) is 2.70. The zero-order valence-electron chi connectivity index (χ0n) is 8.36. The van der Waals surface area contributed by atoms with Crippen molar-refractivity contribution in [1.82, 2.24) is 4.90 Å². The molecule has 3 atom stereocenters. The molecule has 0 bridgehead atoms. The highest BCUT2D eigenvalue weighted by Gasteiger charge is 2.53. The molecule has 78 valence electrons. The fraction of sp³-hybridized carbons (Fsp3) is 0.800. The van der Waals surface area contributed by atoms with Crippen molar-refractivity contribution in [2.75, 3.05) is 13.2 Å². The molecule has 4 nitrogen and oxygen atoms in total. The molecule has 0 aromatic carbocycles. The molecule has 1 saturated heterocycles. The minimum absolute atomic E-state index is 0.0353. The number of likely N-dealkylation sites (tertiary alicyclic amines) is 1. The Balaban J connectivity index is 1.84. The molecule has 0 aromatic heterocycles. The van der Waals surface area contributed by atoms with Crippen LogP contribution in [-0.2, 0) is 14.3 Å². The molecular weight excluding hydrogens is 182 g/mol. The third kappa shape index (κ3) is 1.66. The highest BCUT2D eigenvalue weighted by Crippen LogP contribution is 2.37. The van der Waals surface area contributed by atoms with Crippen LogP contribution >= 0.6 is 0 Å². The summed E-state index contributed by atoms with van der Waals surface area (Å²) in [4.78, 5) is 24.5. The number of fused-ring (bicyclic) bond motifs is 1. The van der Waals surface area contributed by atoms with E-state index >= 15 is 0 Å². The van der Waals surface area contributed by atoms with Crippen molar-refractivity contribution in [3.05, 3.63) is 0 Å². The molecule has 3 unspecified atom stereocenters. The summed E-state index contributed by atoms with van der Waals surface area (Å²) in [5.41, 5.74) is 0. The first-order valence-corrected chi connectivity index (χ1v) is 5.18. The molecular formula is C10H15NO3. The van der Waals surface area contributed by atoms with Crippen molar-refractivity contribution in [3.63, 3.8) is 0 Å². The largest absolute Gasteiger partial charge is 0.465 e. The van der Waals surface area contributed by atoms with Crippen LogP contribution in [0.5, 0.6) is 0 Å². The zero-order chi connectivity index (χ0) is 10.1. The van der Waals surface area contributed by atoms with Gasteiger partial charge < -0.3 is 4.74 Å². The van der Waals surface area contributed by atoms with E-state index in [2.05, 4.69) is 0 Å². The van der Waals surface area contributed by atoms with Crippen LogP contribution in [-0.4, -0.2) is 41.9 Å². The van der Waals surface area contributed by atoms with E-state index in [0.29, 0.717) is 24.9 Å². The van der Waals surface area contributed by atoms with Crippen molar-refractivity contribution in [2.45, 2.75) is 38.3 Å². The topological polar surface area (TPSA) is 46.4 Å². The number of hydrogen-bond donors (Lipinski definition) is 0. The van der Waals surface area contributed by atoms with E-state index in [9.17, 15) is 9.59 Å². The standard InChI is InChI=1S/C10H15NO3/c1-2-14-9(13)6-11-7-4-3-5-8(12)10(7)11/h7,10H,2-6H2,1H3. The molecule has 2 rings (SSSR count). The van der Waals surface area contributed by atoms with Gasteiger partial charge in [-0.05, 0) is 19.8 Å². The monoisotopic (exact) mass is 197 g/mol. The fourth-order valence-corrected chi connectivity index (χ4v) is 2.26. The number of carbonyl (C=O) groups excluding carboxylic acids is 2. The van der Waals surface area contributed by atoms with Gasteiger partial charge in [-0.15, -0.1) is 0 Å². The number of rotatable bonds is 3. The van der Waals surface area contributed by atoms with Gasteiger partial charge >= 0.3 is 5.97 Å². The highest BCUT2D eigenvalue weighted by molar-refractivity contribution is 5.89. The predicted molar refractivity (Wildman–Crippen MR) is 49.8 cm³/mol. The maximum absolute atomic E-state index is 11.4. The Morgan fingerprint density at radius 1 is 1.64 bits per heavy atom. The molecule has 0 spiro atoms. The van der Waals surface area contributed by atoms with Crippen molar-refractivity contribution in [3.8, 4) is 0 Å². The average molecular weight is 197 g/mol. The van der Waals surface area contributed by atoms with E-state index in [1.54, 1.807) is 6.92 Å². The number of nitrogens with zero attached hydrogens (tertiary/aromatic N) is 1. The molecule has 0 N–H and O–H groups in total. The molecule has 2 aliphatic rings. The maximum atomic E-state index is 11.4. The van der Waals surface area contributed by atoms with Crippen LogP contribution in [0.25, 0.3) is 0 Å². The lowest BCUT2D eigenvalue weighted by Crippen LogP contribution is -2.20. The number of Topliss-reactive ketones (excluding diaryl/α,β-unsaturated/α-hetero) is 1. The van der Waals surface area contributed by atoms with E-state index in [1.165, 1.54) is 0 Å². The third-order valence-corrected chi connectivity index (χ3v) is 2.93. The van der Waals surface area contributed by atoms with Crippen LogP contribution in [0.2, 0.25) is 0 Å². The van der Waals surface area contributed by atoms with Crippen LogP contribution in [0.15, 0.2) is 0 Å². The summed E-state index contributed by atoms with van der Waals surface area (Å²) < 4.78 is 4.84. The van der Waals surface area contributed by atoms with Gasteiger partial charge in [-0.25, -0.2) is 0 Å². The molecule has 0 aromatic rings. The van der Waals surface area contributed by atoms with Crippen molar-refractivity contribution in [1.29, 1.82) is 0 Å². The summed E-state index contributed by atoms with van der Waals surface area (Å²) in [5, 5.41) is 0. The molecule has 14 heavy (non-hydrogen) atoms. The van der Waals surface area contributed by atoms with Crippen LogP contribution in [0.3, 0.4) is 0 Å². The quantitative estimate of drug-likeness (QED) is 0.484. The molecule has 4 heteroatoms. The van der Waals surface area contributed by atoms with Gasteiger partial charge in [0, 0.05) is 12.5 Å². The number of carbonyl (C=O) groups is 2. The first-order chi connectivity index (χ1) is 6.74. The van der Waals surface area contributed by atoms with Gasteiger partial charge in [-0.2, -0.15) is 0 Å². The third-order valence-electron chi connectivity index (χ3n) is 2.93. The van der Waals surface area contributed by atoms with Crippen LogP contribution < -0.4 is 0 Å². The Labute approximate surface area is 83.2 Å². The van der Waals surface area contributed by atoms with E-state index in [4.69, 9.17) is 4.74 Å². The number of ketones is 1. The van der Waals surface area contributed by atoms with Gasteiger partial charge in [-0.1, -0.05) is 0 Å². The predicted octanol–water partition coefficient (Wildman–Crippen LogP) is 0.355. The van der Waals surface area contributed by atoms with Gasteiger partial charge in [-0.3, -0.25) is 14.5 Å². The summed E-state index contributed by atoms with van der Waals surface area (Å²) in [5.74, 6) is 0.0836. The smallest absolute Gasteiger partial charge is 0.320 e. The van der Waals surface area contributed by atoms with Crippen molar-refractivity contribution >= 4 is 11.8 Å². The number of hydrogen-bond acceptors (Lipinski definition) is 4. The van der Waals surface area contributed by atoms with Crippen LogP contribution in [0.4, 0.5) is 0 Å². The summed E-state index contributed by atoms with van der Waals surface area (Å²) in [6, 6.07) is 0.369. The second kappa shape index (κ2) is 3.69. The summed E-state index contributed by atoms with van der Waals surface area (Å²) in [7, 11) is 0. The molecule has 0 radical (unpaired) electrons. The maximum Gasteiger partial charge on any atom is 0.320 e. The SMILES string of the molecule is CCOC(=O)CN1C2CCCC(=O)C21. The second-order valence-corrected chi connectivity index (χ2v) is 3.85. The zero-order valence-corrected chi connectivity index (χ0v) is 8.36. The van der Waals surface area contributed by atoms with E-state index in [0.717, 1.165) is 12.8 Å². The van der Waals surface area contributed by atoms with Gasteiger partial charge in [0.15, 0.2) is 5.78 Å². The molecule has 1 aliphatic heterocycles. The normalized spacial score (nSPS) is 34.9. The Kier molecular flexibility index (Phi) is 2.54. The van der Waals surface area contributed by atoms with Gasteiger partial charge in [0.05, 0.1) is 19.2 Å². The average Bonchev–Trinajstić information content (AvgIpc) is 2.81. The Morgan fingerprint density at radius 3 is 3.07 bits per heavy atom. The van der Waals surface area contributed by atoms with Gasteiger partial charge in [0.2, 0.25) is 0 Å². The second-order valence-electron chi connectivity index (χ2n) is 3.85. The first-order valence-electron chi connectivity index (χ1n) is 5.18. The Bertz CT molecular complexity index is 264. The number of ether oxygens (including phenoxy) is 1. The minimum Gasteiger partial charge on any atom is -0.465 e. The molecule has 1 saturated carbocycles. The lowest BCUT2D eigenvalue weighted by Gasteiger charge is -2.02. The van der Waals surface area contributed by atoms with Gasteiger partial charge in [0.1, 0.15) is 0 Å². The summed E-state index contributed by atoms with van der Waals surface area (Å²) >= 11 is 0. The van der Waals surface area contributed by atoms with Gasteiger partial charge in [0.25, 0.3) is 0 Å².